The zero-order valence-corrected chi connectivity index (χ0v) is 20.4. The van der Waals surface area contributed by atoms with Crippen molar-refractivity contribution in [3.8, 4) is 5.75 Å². The molecular weight excluding hydrogens is 482 g/mol. The molecule has 1 unspecified atom stereocenters. The van der Waals surface area contributed by atoms with E-state index in [1.54, 1.807) is 23.1 Å². The molecule has 3 amide bonds. The molecule has 2 saturated heterocycles. The predicted octanol–water partition coefficient (Wildman–Crippen LogP) is 2.32. The topological polar surface area (TPSA) is 91.0 Å². The molecule has 2 N–H and O–H groups in total. The Morgan fingerprint density at radius 2 is 1.89 bits per heavy atom. The molecule has 0 bridgehead atoms. The summed E-state index contributed by atoms with van der Waals surface area (Å²) in [6, 6.07) is 14.4. The van der Waals surface area contributed by atoms with Crippen molar-refractivity contribution in [3.63, 3.8) is 0 Å². The highest BCUT2D eigenvalue weighted by Gasteiger charge is 2.39. The van der Waals surface area contributed by atoms with E-state index in [1.165, 1.54) is 4.90 Å². The second-order valence-electron chi connectivity index (χ2n) is 9.79. The van der Waals surface area contributed by atoms with Crippen LogP contribution < -0.4 is 15.4 Å². The number of rotatable bonds is 8. The molecule has 196 valence electrons. The summed E-state index contributed by atoms with van der Waals surface area (Å²) in [5.74, 6) is -0.487. The summed E-state index contributed by atoms with van der Waals surface area (Å²) in [5, 5.41) is 5.83. The standard InChI is InChI=1S/C27H30F2N4O4/c28-24(29)16-32-11-10-21(30-13-17-4-2-1-3-5-17)23(15-32)37-19-6-7-20-18(12-19)14-33(27(20)36)22-8-9-25(34)31-26(22)35/h1-7,12,21-24,30H,8-11,13-16H2,(H,31,34,35)/t21-,22?,23-/m0/s1. The van der Waals surface area contributed by atoms with Crippen molar-refractivity contribution >= 4 is 17.7 Å². The Labute approximate surface area is 213 Å². The monoisotopic (exact) mass is 512 g/mol. The van der Waals surface area contributed by atoms with Gasteiger partial charge in [0.05, 0.1) is 6.54 Å². The van der Waals surface area contributed by atoms with E-state index < -0.39 is 18.4 Å². The van der Waals surface area contributed by atoms with Crippen LogP contribution in [0.1, 0.15) is 40.7 Å². The van der Waals surface area contributed by atoms with Crippen molar-refractivity contribution in [2.75, 3.05) is 19.6 Å². The highest BCUT2D eigenvalue weighted by molar-refractivity contribution is 6.05. The number of fused-ring (bicyclic) bond motifs is 1. The van der Waals surface area contributed by atoms with E-state index in [1.807, 2.05) is 30.3 Å². The number of hydrogen-bond donors (Lipinski definition) is 2. The number of imide groups is 1. The van der Waals surface area contributed by atoms with Crippen LogP contribution in [-0.4, -0.2) is 71.8 Å². The zero-order chi connectivity index (χ0) is 25.9. The summed E-state index contributed by atoms with van der Waals surface area (Å²) in [6.07, 6.45) is -1.63. The Kier molecular flexibility index (Phi) is 7.48. The molecule has 3 aliphatic heterocycles. The normalized spacial score (nSPS) is 24.4. The van der Waals surface area contributed by atoms with E-state index in [0.29, 0.717) is 43.8 Å². The van der Waals surface area contributed by atoms with Crippen molar-refractivity contribution in [2.24, 2.45) is 0 Å². The number of halogens is 2. The van der Waals surface area contributed by atoms with Gasteiger partial charge in [-0.1, -0.05) is 30.3 Å². The number of likely N-dealkylation sites (tertiary alicyclic amines) is 1. The van der Waals surface area contributed by atoms with E-state index >= 15 is 0 Å². The molecule has 3 heterocycles. The number of carbonyl (C=O) groups is 3. The Morgan fingerprint density at radius 3 is 2.65 bits per heavy atom. The van der Waals surface area contributed by atoms with Crippen LogP contribution in [0.4, 0.5) is 8.78 Å². The summed E-state index contributed by atoms with van der Waals surface area (Å²) < 4.78 is 32.5. The van der Waals surface area contributed by atoms with Gasteiger partial charge in [-0.3, -0.25) is 24.6 Å². The number of alkyl halides is 2. The second-order valence-corrected chi connectivity index (χ2v) is 9.79. The van der Waals surface area contributed by atoms with Crippen LogP contribution in [0.15, 0.2) is 48.5 Å². The molecule has 0 radical (unpaired) electrons. The summed E-state index contributed by atoms with van der Waals surface area (Å²) in [7, 11) is 0. The number of benzene rings is 2. The van der Waals surface area contributed by atoms with Crippen molar-refractivity contribution in [2.45, 2.75) is 57.0 Å². The fourth-order valence-electron chi connectivity index (χ4n) is 5.34. The van der Waals surface area contributed by atoms with Gasteiger partial charge in [-0.05, 0) is 42.2 Å². The molecule has 10 heteroatoms. The molecule has 5 rings (SSSR count). The molecule has 0 aliphatic carbocycles. The summed E-state index contributed by atoms with van der Waals surface area (Å²) in [5.41, 5.74) is 2.36. The van der Waals surface area contributed by atoms with Gasteiger partial charge in [0, 0.05) is 44.2 Å². The maximum Gasteiger partial charge on any atom is 0.255 e. The van der Waals surface area contributed by atoms with Gasteiger partial charge in [-0.2, -0.15) is 0 Å². The minimum absolute atomic E-state index is 0.0380. The summed E-state index contributed by atoms with van der Waals surface area (Å²) in [6.45, 7) is 1.49. The third-order valence-corrected chi connectivity index (χ3v) is 7.23. The maximum absolute atomic E-state index is 13.1. The largest absolute Gasteiger partial charge is 0.487 e. The lowest BCUT2D eigenvalue weighted by Crippen LogP contribution is -2.55. The molecule has 0 saturated carbocycles. The van der Waals surface area contributed by atoms with Crippen LogP contribution in [0.5, 0.6) is 5.75 Å². The smallest absolute Gasteiger partial charge is 0.255 e. The molecule has 3 aliphatic rings. The van der Waals surface area contributed by atoms with Crippen molar-refractivity contribution in [1.82, 2.24) is 20.4 Å². The molecule has 8 nitrogen and oxygen atoms in total. The van der Waals surface area contributed by atoms with Crippen molar-refractivity contribution < 1.29 is 27.9 Å². The number of nitrogens with one attached hydrogen (secondary N) is 2. The molecular formula is C27H30F2N4O4. The number of amides is 3. The Morgan fingerprint density at radius 1 is 1.08 bits per heavy atom. The van der Waals surface area contributed by atoms with E-state index in [4.69, 9.17) is 4.74 Å². The van der Waals surface area contributed by atoms with Gasteiger partial charge in [-0.15, -0.1) is 0 Å². The lowest BCUT2D eigenvalue weighted by atomic mass is 10.0. The van der Waals surface area contributed by atoms with E-state index in [-0.39, 0.29) is 43.5 Å². The number of ether oxygens (including phenoxy) is 1. The lowest BCUT2D eigenvalue weighted by molar-refractivity contribution is -0.136. The van der Waals surface area contributed by atoms with Gasteiger partial charge < -0.3 is 15.0 Å². The molecule has 2 fully saturated rings. The third kappa shape index (κ3) is 5.80. The molecule has 0 spiro atoms. The minimum Gasteiger partial charge on any atom is -0.487 e. The fourth-order valence-corrected chi connectivity index (χ4v) is 5.34. The van der Waals surface area contributed by atoms with E-state index in [0.717, 1.165) is 11.1 Å². The minimum atomic E-state index is -2.42. The average Bonchev–Trinajstić information content (AvgIpc) is 3.19. The van der Waals surface area contributed by atoms with Crippen LogP contribution in [0.25, 0.3) is 0 Å². The molecule has 0 aromatic heterocycles. The maximum atomic E-state index is 13.1. The third-order valence-electron chi connectivity index (χ3n) is 7.23. The molecule has 2 aromatic carbocycles. The van der Waals surface area contributed by atoms with Gasteiger partial charge in [0.25, 0.3) is 12.3 Å². The quantitative estimate of drug-likeness (QED) is 0.528. The number of nitrogens with zero attached hydrogens (tertiary/aromatic N) is 2. The number of hydrogen-bond acceptors (Lipinski definition) is 6. The highest BCUT2D eigenvalue weighted by Crippen LogP contribution is 2.31. The first kappa shape index (κ1) is 25.3. The van der Waals surface area contributed by atoms with Crippen LogP contribution >= 0.6 is 0 Å². The fraction of sp³-hybridized carbons (Fsp3) is 0.444. The van der Waals surface area contributed by atoms with Gasteiger partial charge >= 0.3 is 0 Å². The zero-order valence-electron chi connectivity index (χ0n) is 20.4. The first-order valence-corrected chi connectivity index (χ1v) is 12.6. The van der Waals surface area contributed by atoms with Crippen LogP contribution in [-0.2, 0) is 22.7 Å². The second kappa shape index (κ2) is 10.9. The Balaban J connectivity index is 1.29. The predicted molar refractivity (Wildman–Crippen MR) is 131 cm³/mol. The van der Waals surface area contributed by atoms with Crippen LogP contribution in [0.3, 0.4) is 0 Å². The highest BCUT2D eigenvalue weighted by atomic mass is 19.3. The lowest BCUT2D eigenvalue weighted by Gasteiger charge is -2.39. The number of piperidine rings is 2. The Hall–Kier alpha value is -3.37. The van der Waals surface area contributed by atoms with Crippen LogP contribution in [0, 0.1) is 0 Å². The average molecular weight is 513 g/mol. The van der Waals surface area contributed by atoms with Gasteiger partial charge in [0.15, 0.2) is 0 Å². The Bertz CT molecular complexity index is 1160. The first-order valence-electron chi connectivity index (χ1n) is 12.6. The van der Waals surface area contributed by atoms with Gasteiger partial charge in [-0.25, -0.2) is 8.78 Å². The van der Waals surface area contributed by atoms with Crippen molar-refractivity contribution in [1.29, 1.82) is 0 Å². The SMILES string of the molecule is O=C1CCC(N2Cc3cc(O[C@H]4CN(CC(F)F)CC[C@@H]4NCc4ccccc4)ccc3C2=O)C(=O)N1. The summed E-state index contributed by atoms with van der Waals surface area (Å²) >= 11 is 0. The molecule has 3 atom stereocenters. The van der Waals surface area contributed by atoms with Crippen molar-refractivity contribution in [3.05, 3.63) is 65.2 Å². The van der Waals surface area contributed by atoms with E-state index in [2.05, 4.69) is 10.6 Å². The molecule has 37 heavy (non-hydrogen) atoms. The van der Waals surface area contributed by atoms with Crippen LogP contribution in [0.2, 0.25) is 0 Å². The van der Waals surface area contributed by atoms with Gasteiger partial charge in [0.1, 0.15) is 17.9 Å². The first-order chi connectivity index (χ1) is 17.9. The number of carbonyl (C=O) groups excluding carboxylic acids is 3. The molecule has 2 aromatic rings. The summed E-state index contributed by atoms with van der Waals surface area (Å²) in [4.78, 5) is 40.0. The van der Waals surface area contributed by atoms with E-state index in [9.17, 15) is 23.2 Å². The van der Waals surface area contributed by atoms with Gasteiger partial charge in [0.2, 0.25) is 11.8 Å².